The molecule has 0 heterocycles. The van der Waals surface area contributed by atoms with Crippen LogP contribution >= 0.6 is 0 Å². The fourth-order valence-electron chi connectivity index (χ4n) is 11.7. The van der Waals surface area contributed by atoms with Gasteiger partial charge in [-0.2, -0.15) is 0 Å². The highest BCUT2D eigenvalue weighted by molar-refractivity contribution is 5.71. The van der Waals surface area contributed by atoms with Crippen LogP contribution < -0.4 is 0 Å². The topological polar surface area (TPSA) is 78.9 Å². The van der Waals surface area contributed by atoms with Crippen LogP contribution in [-0.4, -0.2) is 37.2 Å². The fraction of sp³-hybridized carbons (Fsp3) is 0.909. The summed E-state index contributed by atoms with van der Waals surface area (Å²) >= 11 is 0. The molecule has 0 saturated carbocycles. The molecule has 0 amide bonds. The summed E-state index contributed by atoms with van der Waals surface area (Å²) in [5, 5.41) is 0. The van der Waals surface area contributed by atoms with Crippen molar-refractivity contribution in [1.82, 2.24) is 0 Å². The third kappa shape index (κ3) is 70.5. The highest BCUT2D eigenvalue weighted by Crippen LogP contribution is 2.19. The molecule has 0 fully saturated rings. The largest absolute Gasteiger partial charge is 0.462 e. The van der Waals surface area contributed by atoms with Gasteiger partial charge in [-0.05, 0) is 70.6 Å². The molecule has 1 unspecified atom stereocenters. The van der Waals surface area contributed by atoms with E-state index in [4.69, 9.17) is 14.2 Å². The lowest BCUT2D eigenvalue weighted by Gasteiger charge is -2.18. The molecule has 0 saturated heterocycles. The van der Waals surface area contributed by atoms with Crippen molar-refractivity contribution in [3.05, 3.63) is 24.3 Å². The third-order valence-electron chi connectivity index (χ3n) is 17.4. The van der Waals surface area contributed by atoms with Crippen LogP contribution in [0.15, 0.2) is 24.3 Å². The van der Waals surface area contributed by atoms with Gasteiger partial charge in [-0.25, -0.2) is 0 Å². The first-order chi connectivity index (χ1) is 41.0. The van der Waals surface area contributed by atoms with Gasteiger partial charge in [0.2, 0.25) is 0 Å². The molecule has 0 aromatic heterocycles. The van der Waals surface area contributed by atoms with Gasteiger partial charge in [-0.15, -0.1) is 0 Å². The summed E-state index contributed by atoms with van der Waals surface area (Å²) in [6.07, 6.45) is 89.4. The summed E-state index contributed by atoms with van der Waals surface area (Å²) in [5.41, 5.74) is 0. The van der Waals surface area contributed by atoms with Gasteiger partial charge in [0.1, 0.15) is 13.2 Å². The predicted octanol–water partition coefficient (Wildman–Crippen LogP) is 26.1. The molecule has 83 heavy (non-hydrogen) atoms. The van der Waals surface area contributed by atoms with Gasteiger partial charge in [0, 0.05) is 19.3 Å². The summed E-state index contributed by atoms with van der Waals surface area (Å²) < 4.78 is 17.0. The van der Waals surface area contributed by atoms with Gasteiger partial charge in [0.25, 0.3) is 0 Å². The molecule has 0 aliphatic carbocycles. The molecule has 0 N–H and O–H groups in total. The summed E-state index contributed by atoms with van der Waals surface area (Å²) in [6.45, 7) is 6.72. The van der Waals surface area contributed by atoms with Gasteiger partial charge >= 0.3 is 17.9 Å². The maximum Gasteiger partial charge on any atom is 0.306 e. The van der Waals surface area contributed by atoms with E-state index in [9.17, 15) is 14.4 Å². The molecule has 0 aromatic carbocycles. The zero-order chi connectivity index (χ0) is 59.9. The number of esters is 3. The zero-order valence-corrected chi connectivity index (χ0v) is 56.5. The van der Waals surface area contributed by atoms with E-state index in [0.717, 1.165) is 64.2 Å². The molecule has 0 bridgehead atoms. The lowest BCUT2D eigenvalue weighted by atomic mass is 10.0. The van der Waals surface area contributed by atoms with E-state index in [1.54, 1.807) is 0 Å². The number of carbonyl (C=O) groups excluding carboxylic acids is 3. The monoisotopic (exact) mass is 1170 g/mol. The van der Waals surface area contributed by atoms with Crippen molar-refractivity contribution in [3.63, 3.8) is 0 Å². The predicted molar refractivity (Wildman–Crippen MR) is 363 cm³/mol. The second-order valence-electron chi connectivity index (χ2n) is 25.9. The van der Waals surface area contributed by atoms with Crippen molar-refractivity contribution < 1.29 is 28.6 Å². The Morgan fingerprint density at radius 2 is 0.398 bits per heavy atom. The maximum atomic E-state index is 13.0. The SMILES string of the molecule is CCCCCCCC/C=C\CCCCCCCC(=O)OCC(COC(=O)CCCCCCCCCCCCCCCCCCC/C=C\CCCCCCCCCC)OC(=O)CCCCCCCCCCCCCCCCCCCCCCC. The normalized spacial score (nSPS) is 12.1. The number of carbonyl (C=O) groups is 3. The Labute approximate surface area is 519 Å². The van der Waals surface area contributed by atoms with E-state index in [-0.39, 0.29) is 31.1 Å². The highest BCUT2D eigenvalue weighted by atomic mass is 16.6. The number of ether oxygens (including phenoxy) is 3. The van der Waals surface area contributed by atoms with Crippen molar-refractivity contribution in [3.8, 4) is 0 Å². The Bertz CT molecular complexity index is 1340. The van der Waals surface area contributed by atoms with Gasteiger partial charge in [0.15, 0.2) is 6.10 Å². The first-order valence-electron chi connectivity index (χ1n) is 37.8. The molecule has 1 atom stereocenters. The second kappa shape index (κ2) is 72.4. The minimum Gasteiger partial charge on any atom is -0.462 e. The van der Waals surface area contributed by atoms with Crippen LogP contribution in [0.5, 0.6) is 0 Å². The fourth-order valence-corrected chi connectivity index (χ4v) is 11.7. The van der Waals surface area contributed by atoms with E-state index < -0.39 is 6.10 Å². The lowest BCUT2D eigenvalue weighted by Crippen LogP contribution is -2.30. The first kappa shape index (κ1) is 80.9. The molecule has 0 aliphatic rings. The molecular weight excluding hydrogens is 1020 g/mol. The molecular formula is C77H146O6. The zero-order valence-electron chi connectivity index (χ0n) is 56.5. The Balaban J connectivity index is 4.20. The first-order valence-corrected chi connectivity index (χ1v) is 37.8. The average Bonchev–Trinajstić information content (AvgIpc) is 3.49. The Kier molecular flexibility index (Phi) is 70.5. The number of rotatable bonds is 71. The minimum absolute atomic E-state index is 0.0672. The third-order valence-corrected chi connectivity index (χ3v) is 17.4. The van der Waals surface area contributed by atoms with Crippen molar-refractivity contribution in [2.24, 2.45) is 0 Å². The second-order valence-corrected chi connectivity index (χ2v) is 25.9. The van der Waals surface area contributed by atoms with Crippen LogP contribution in [0.4, 0.5) is 0 Å². The van der Waals surface area contributed by atoms with Gasteiger partial charge in [0.05, 0.1) is 0 Å². The van der Waals surface area contributed by atoms with E-state index in [1.165, 1.54) is 327 Å². The van der Waals surface area contributed by atoms with E-state index >= 15 is 0 Å². The standard InChI is InChI=1S/C77H146O6/c1-4-7-10-13-16-19-22-25-28-30-32-34-35-36-37-38-39-40-41-43-44-46-49-52-55-58-61-64-67-70-76(79)82-73-74(72-81-75(78)69-66-63-60-57-54-51-48-27-24-21-18-15-12-9-6-3)83-77(80)71-68-65-62-59-56-53-50-47-45-42-33-31-29-26-23-20-17-14-11-8-5-2/h27,30,32,48,74H,4-26,28-29,31,33-47,49-73H2,1-3H3/b32-30-,48-27-. The van der Waals surface area contributed by atoms with Gasteiger partial charge < -0.3 is 14.2 Å². The Morgan fingerprint density at radius 1 is 0.229 bits per heavy atom. The molecule has 0 radical (unpaired) electrons. The Morgan fingerprint density at radius 3 is 0.602 bits per heavy atom. The van der Waals surface area contributed by atoms with Crippen LogP contribution in [0.25, 0.3) is 0 Å². The van der Waals surface area contributed by atoms with E-state index in [2.05, 4.69) is 45.1 Å². The maximum absolute atomic E-state index is 13.0. The molecule has 6 nitrogen and oxygen atoms in total. The molecule has 490 valence electrons. The van der Waals surface area contributed by atoms with Crippen LogP contribution in [-0.2, 0) is 28.6 Å². The summed E-state index contributed by atoms with van der Waals surface area (Å²) in [6, 6.07) is 0. The highest BCUT2D eigenvalue weighted by Gasteiger charge is 2.20. The Hall–Kier alpha value is -2.11. The van der Waals surface area contributed by atoms with Crippen molar-refractivity contribution >= 4 is 17.9 Å². The van der Waals surface area contributed by atoms with E-state index in [1.807, 2.05) is 0 Å². The molecule has 6 heteroatoms. The van der Waals surface area contributed by atoms with Gasteiger partial charge in [-0.3, -0.25) is 14.4 Å². The summed E-state index contributed by atoms with van der Waals surface area (Å²) in [7, 11) is 0. The van der Waals surface area contributed by atoms with Crippen LogP contribution in [0.2, 0.25) is 0 Å². The summed E-state index contributed by atoms with van der Waals surface area (Å²) in [5.74, 6) is -0.840. The van der Waals surface area contributed by atoms with Gasteiger partial charge in [-0.1, -0.05) is 366 Å². The van der Waals surface area contributed by atoms with Crippen LogP contribution in [0.1, 0.15) is 432 Å². The lowest BCUT2D eigenvalue weighted by molar-refractivity contribution is -0.167. The van der Waals surface area contributed by atoms with Crippen molar-refractivity contribution in [2.75, 3.05) is 13.2 Å². The smallest absolute Gasteiger partial charge is 0.306 e. The molecule has 0 spiro atoms. The molecule has 0 rings (SSSR count). The molecule has 0 aromatic rings. The summed E-state index contributed by atoms with van der Waals surface area (Å²) in [4.78, 5) is 38.5. The van der Waals surface area contributed by atoms with Crippen molar-refractivity contribution in [2.45, 2.75) is 438 Å². The number of hydrogen-bond donors (Lipinski definition) is 0. The number of hydrogen-bond acceptors (Lipinski definition) is 6. The van der Waals surface area contributed by atoms with E-state index in [0.29, 0.717) is 19.3 Å². The number of allylic oxidation sites excluding steroid dienone is 4. The number of unbranched alkanes of at least 4 members (excludes halogenated alkanes) is 56. The average molecular weight is 1170 g/mol. The quantitative estimate of drug-likeness (QED) is 0.0261. The van der Waals surface area contributed by atoms with Crippen LogP contribution in [0.3, 0.4) is 0 Å². The molecule has 0 aliphatic heterocycles. The minimum atomic E-state index is -0.772. The van der Waals surface area contributed by atoms with Crippen molar-refractivity contribution in [1.29, 1.82) is 0 Å². The van der Waals surface area contributed by atoms with Crippen LogP contribution in [0, 0.1) is 0 Å².